The van der Waals surface area contributed by atoms with Crippen LogP contribution >= 0.6 is 0 Å². The first-order valence-corrected chi connectivity index (χ1v) is 4.89. The maximum Gasteiger partial charge on any atom is 0.274 e. The van der Waals surface area contributed by atoms with Crippen molar-refractivity contribution in [2.24, 2.45) is 0 Å². The Kier molecular flexibility index (Phi) is 3.29. The molecular weight excluding hydrogens is 192 g/mol. The molecule has 1 rings (SSSR count). The molecular formula is C11H16N2O2. The second-order valence-corrected chi connectivity index (χ2v) is 3.62. The zero-order valence-corrected chi connectivity index (χ0v) is 9.50. The van der Waals surface area contributed by atoms with Crippen molar-refractivity contribution in [1.29, 1.82) is 0 Å². The number of aromatic nitrogens is 1. The van der Waals surface area contributed by atoms with Gasteiger partial charge in [-0.3, -0.25) is 9.59 Å². The Morgan fingerprint density at radius 1 is 1.53 bits per heavy atom. The number of pyridine rings is 1. The van der Waals surface area contributed by atoms with Crippen LogP contribution in [-0.2, 0) is 4.79 Å². The van der Waals surface area contributed by atoms with E-state index in [0.29, 0.717) is 5.69 Å². The summed E-state index contributed by atoms with van der Waals surface area (Å²) < 4.78 is 1.45. The third-order valence-electron chi connectivity index (χ3n) is 2.58. The highest BCUT2D eigenvalue weighted by molar-refractivity contribution is 5.79. The first-order chi connectivity index (χ1) is 6.99. The van der Waals surface area contributed by atoms with Crippen molar-refractivity contribution >= 4 is 11.5 Å². The van der Waals surface area contributed by atoms with Gasteiger partial charge in [-0.15, -0.1) is 0 Å². The van der Waals surface area contributed by atoms with Gasteiger partial charge in [0.15, 0.2) is 5.78 Å². The minimum absolute atomic E-state index is 0.0250. The lowest BCUT2D eigenvalue weighted by atomic mass is 10.2. The number of Topliss-reactive ketones (excluding diaryl/α,β-unsaturated/α-hetero) is 1. The van der Waals surface area contributed by atoms with Crippen LogP contribution in [0.4, 0.5) is 5.69 Å². The zero-order valence-electron chi connectivity index (χ0n) is 9.50. The minimum Gasteiger partial charge on any atom is -0.383 e. The fourth-order valence-electron chi connectivity index (χ4n) is 1.45. The highest BCUT2D eigenvalue weighted by Crippen LogP contribution is 2.10. The molecule has 0 radical (unpaired) electrons. The van der Waals surface area contributed by atoms with Crippen LogP contribution in [0.1, 0.15) is 25.5 Å². The Morgan fingerprint density at radius 3 is 2.60 bits per heavy atom. The van der Waals surface area contributed by atoms with Gasteiger partial charge in [-0.1, -0.05) is 0 Å². The predicted octanol–water partition coefficient (Wildman–Crippen LogP) is 1.35. The van der Waals surface area contributed by atoms with Gasteiger partial charge in [-0.25, -0.2) is 0 Å². The Morgan fingerprint density at radius 2 is 2.13 bits per heavy atom. The minimum atomic E-state index is -0.412. The third-order valence-corrected chi connectivity index (χ3v) is 2.58. The van der Waals surface area contributed by atoms with Crippen LogP contribution in [0.25, 0.3) is 0 Å². The molecule has 0 fully saturated rings. The summed E-state index contributed by atoms with van der Waals surface area (Å²) in [6.07, 6.45) is 1.66. The highest BCUT2D eigenvalue weighted by Gasteiger charge is 2.13. The number of carbonyl (C=O) groups excluding carboxylic acids is 1. The first-order valence-electron chi connectivity index (χ1n) is 4.89. The van der Waals surface area contributed by atoms with Gasteiger partial charge in [0.25, 0.3) is 5.56 Å². The number of nitrogens with zero attached hydrogens (tertiary/aromatic N) is 1. The Balaban J connectivity index is 3.34. The summed E-state index contributed by atoms with van der Waals surface area (Å²) in [5, 5.41) is 2.85. The molecule has 1 aromatic rings. The number of aryl methyl sites for hydroxylation is 1. The van der Waals surface area contributed by atoms with E-state index >= 15 is 0 Å². The van der Waals surface area contributed by atoms with Gasteiger partial charge in [-0.05, 0) is 32.4 Å². The average Bonchev–Trinajstić information content (AvgIpc) is 2.17. The van der Waals surface area contributed by atoms with Crippen LogP contribution in [0, 0.1) is 6.92 Å². The molecule has 0 aliphatic carbocycles. The largest absolute Gasteiger partial charge is 0.383 e. The van der Waals surface area contributed by atoms with Gasteiger partial charge in [0.05, 0.1) is 6.04 Å². The molecule has 0 saturated heterocycles. The van der Waals surface area contributed by atoms with Crippen molar-refractivity contribution in [2.45, 2.75) is 26.8 Å². The van der Waals surface area contributed by atoms with Crippen LogP contribution in [0.15, 0.2) is 17.1 Å². The number of anilines is 1. The molecule has 1 heterocycles. The molecule has 0 spiro atoms. The number of ketones is 1. The molecule has 0 saturated carbocycles. The molecule has 1 unspecified atom stereocenters. The third kappa shape index (κ3) is 2.09. The summed E-state index contributed by atoms with van der Waals surface area (Å²) in [6, 6.07) is 1.41. The lowest BCUT2D eigenvalue weighted by Crippen LogP contribution is -2.28. The standard InChI is InChI=1S/C11H16N2O2/c1-7-5-6-13(8(2)9(3)14)11(15)10(7)12-4/h5-6,8,12H,1-4H3. The second-order valence-electron chi connectivity index (χ2n) is 3.62. The molecule has 82 valence electrons. The van der Waals surface area contributed by atoms with E-state index in [-0.39, 0.29) is 11.3 Å². The molecule has 1 atom stereocenters. The van der Waals surface area contributed by atoms with Crippen LogP contribution in [0.5, 0.6) is 0 Å². The predicted molar refractivity (Wildman–Crippen MR) is 60.4 cm³/mol. The van der Waals surface area contributed by atoms with Gasteiger partial charge < -0.3 is 9.88 Å². The summed E-state index contributed by atoms with van der Waals surface area (Å²) in [4.78, 5) is 23.1. The van der Waals surface area contributed by atoms with E-state index < -0.39 is 6.04 Å². The monoisotopic (exact) mass is 208 g/mol. The zero-order chi connectivity index (χ0) is 11.6. The van der Waals surface area contributed by atoms with Crippen molar-refractivity contribution in [3.8, 4) is 0 Å². The lowest BCUT2D eigenvalue weighted by Gasteiger charge is -2.14. The van der Waals surface area contributed by atoms with Gasteiger partial charge in [-0.2, -0.15) is 0 Å². The van der Waals surface area contributed by atoms with Gasteiger partial charge in [0, 0.05) is 13.2 Å². The lowest BCUT2D eigenvalue weighted by molar-refractivity contribution is -0.119. The normalized spacial score (nSPS) is 12.3. The summed E-state index contributed by atoms with van der Waals surface area (Å²) in [5.74, 6) is -0.0250. The highest BCUT2D eigenvalue weighted by atomic mass is 16.1. The topological polar surface area (TPSA) is 51.1 Å². The Labute approximate surface area is 88.9 Å². The fraction of sp³-hybridized carbons (Fsp3) is 0.455. The van der Waals surface area contributed by atoms with E-state index in [1.165, 1.54) is 11.5 Å². The van der Waals surface area contributed by atoms with Gasteiger partial charge >= 0.3 is 0 Å². The van der Waals surface area contributed by atoms with Gasteiger partial charge in [0.1, 0.15) is 5.69 Å². The smallest absolute Gasteiger partial charge is 0.274 e. The molecule has 0 aromatic carbocycles. The van der Waals surface area contributed by atoms with E-state index in [1.54, 1.807) is 20.2 Å². The summed E-state index contributed by atoms with van der Waals surface area (Å²) >= 11 is 0. The summed E-state index contributed by atoms with van der Waals surface area (Å²) in [6.45, 7) is 5.06. The number of carbonyl (C=O) groups is 1. The molecule has 4 nitrogen and oxygen atoms in total. The van der Waals surface area contributed by atoms with Crippen LogP contribution in [0.2, 0.25) is 0 Å². The Hall–Kier alpha value is -1.58. The number of rotatable bonds is 3. The quantitative estimate of drug-likeness (QED) is 0.815. The molecule has 4 heteroatoms. The molecule has 0 aliphatic heterocycles. The van der Waals surface area contributed by atoms with E-state index in [2.05, 4.69) is 5.32 Å². The maximum atomic E-state index is 11.9. The second kappa shape index (κ2) is 4.29. The van der Waals surface area contributed by atoms with E-state index in [4.69, 9.17) is 0 Å². The van der Waals surface area contributed by atoms with E-state index in [0.717, 1.165) is 5.56 Å². The van der Waals surface area contributed by atoms with Crippen LogP contribution in [0.3, 0.4) is 0 Å². The molecule has 0 amide bonds. The molecule has 1 aromatic heterocycles. The molecule has 1 N–H and O–H groups in total. The van der Waals surface area contributed by atoms with E-state index in [9.17, 15) is 9.59 Å². The van der Waals surface area contributed by atoms with Crippen LogP contribution in [-0.4, -0.2) is 17.4 Å². The number of hydrogen-bond donors (Lipinski definition) is 1. The first kappa shape index (κ1) is 11.5. The summed E-state index contributed by atoms with van der Waals surface area (Å²) in [5.41, 5.74) is 1.28. The molecule has 0 aliphatic rings. The van der Waals surface area contributed by atoms with Crippen molar-refractivity contribution in [2.75, 3.05) is 12.4 Å². The SMILES string of the molecule is CNc1c(C)ccn(C(C)C(C)=O)c1=O. The van der Waals surface area contributed by atoms with Crippen LogP contribution < -0.4 is 10.9 Å². The number of hydrogen-bond acceptors (Lipinski definition) is 3. The summed E-state index contributed by atoms with van der Waals surface area (Å²) in [7, 11) is 1.70. The maximum absolute atomic E-state index is 11.9. The number of nitrogens with one attached hydrogen (secondary N) is 1. The van der Waals surface area contributed by atoms with E-state index in [1.807, 2.05) is 13.0 Å². The van der Waals surface area contributed by atoms with Crippen molar-refractivity contribution in [3.05, 3.63) is 28.2 Å². The Bertz CT molecular complexity index is 435. The van der Waals surface area contributed by atoms with Crippen molar-refractivity contribution < 1.29 is 4.79 Å². The fourth-order valence-corrected chi connectivity index (χ4v) is 1.45. The van der Waals surface area contributed by atoms with Crippen molar-refractivity contribution in [3.63, 3.8) is 0 Å². The molecule has 0 bridgehead atoms. The van der Waals surface area contributed by atoms with Crippen molar-refractivity contribution in [1.82, 2.24) is 4.57 Å². The van der Waals surface area contributed by atoms with Gasteiger partial charge in [0.2, 0.25) is 0 Å². The average molecular weight is 208 g/mol. The molecule has 15 heavy (non-hydrogen) atoms.